The van der Waals surface area contributed by atoms with Crippen LogP contribution in [0.3, 0.4) is 0 Å². The van der Waals surface area contributed by atoms with Gasteiger partial charge < -0.3 is 9.88 Å². The lowest BCUT2D eigenvalue weighted by Crippen LogP contribution is -2.50. The monoisotopic (exact) mass is 269 g/mol. The highest BCUT2D eigenvalue weighted by Crippen LogP contribution is 2.33. The number of imidazole rings is 1. The van der Waals surface area contributed by atoms with Crippen molar-refractivity contribution >= 4 is 11.6 Å². The van der Waals surface area contributed by atoms with Crippen molar-refractivity contribution in [2.24, 2.45) is 13.0 Å². The minimum absolute atomic E-state index is 0.157. The second-order valence-electron chi connectivity index (χ2n) is 5.75. The fourth-order valence-corrected chi connectivity index (χ4v) is 3.40. The molecule has 0 saturated heterocycles. The number of hydrogen-bond donors (Lipinski definition) is 1. The average Bonchev–Trinajstić information content (AvgIpc) is 2.75. The van der Waals surface area contributed by atoms with Crippen molar-refractivity contribution < 1.29 is 0 Å². The van der Waals surface area contributed by atoms with E-state index in [4.69, 9.17) is 11.6 Å². The van der Waals surface area contributed by atoms with Gasteiger partial charge in [-0.25, -0.2) is 4.98 Å². The summed E-state index contributed by atoms with van der Waals surface area (Å²) in [4.78, 5) is 4.35. The maximum Gasteiger partial charge on any atom is 0.109 e. The van der Waals surface area contributed by atoms with E-state index in [1.807, 2.05) is 19.4 Å². The van der Waals surface area contributed by atoms with Crippen LogP contribution in [0, 0.1) is 5.92 Å². The summed E-state index contributed by atoms with van der Waals surface area (Å²) in [6.45, 7) is 3.30. The Morgan fingerprint density at radius 1 is 1.61 bits per heavy atom. The molecule has 0 bridgehead atoms. The Morgan fingerprint density at radius 3 is 3.06 bits per heavy atom. The quantitative estimate of drug-likeness (QED) is 0.833. The molecule has 1 N–H and O–H groups in total. The molecule has 18 heavy (non-hydrogen) atoms. The van der Waals surface area contributed by atoms with Gasteiger partial charge >= 0.3 is 0 Å². The van der Waals surface area contributed by atoms with E-state index in [0.717, 1.165) is 30.6 Å². The molecular weight excluding hydrogens is 246 g/mol. The number of aromatic nitrogens is 2. The van der Waals surface area contributed by atoms with Crippen LogP contribution in [0.1, 0.15) is 38.4 Å². The van der Waals surface area contributed by atoms with Gasteiger partial charge in [0.25, 0.3) is 0 Å². The number of halogens is 1. The molecule has 4 heteroatoms. The molecule has 2 unspecified atom stereocenters. The lowest BCUT2D eigenvalue weighted by Gasteiger charge is -2.39. The van der Waals surface area contributed by atoms with Crippen LogP contribution in [0.15, 0.2) is 12.4 Å². The highest BCUT2D eigenvalue weighted by molar-refractivity contribution is 6.18. The van der Waals surface area contributed by atoms with Crippen molar-refractivity contribution in [3.05, 3.63) is 18.2 Å². The topological polar surface area (TPSA) is 29.9 Å². The summed E-state index contributed by atoms with van der Waals surface area (Å²) >= 11 is 6.21. The van der Waals surface area contributed by atoms with E-state index in [-0.39, 0.29) is 5.54 Å². The molecule has 1 aliphatic carbocycles. The van der Waals surface area contributed by atoms with Crippen LogP contribution in [0.25, 0.3) is 0 Å². The van der Waals surface area contributed by atoms with Gasteiger partial charge in [0.05, 0.1) is 0 Å². The van der Waals surface area contributed by atoms with Crippen LogP contribution in [0.5, 0.6) is 0 Å². The normalized spacial score (nSPS) is 28.5. The number of nitrogens with zero attached hydrogens (tertiary/aromatic N) is 2. The lowest BCUT2D eigenvalue weighted by atomic mass is 9.77. The lowest BCUT2D eigenvalue weighted by molar-refractivity contribution is 0.210. The summed E-state index contributed by atoms with van der Waals surface area (Å²) in [5, 5.41) is 3.70. The van der Waals surface area contributed by atoms with Crippen molar-refractivity contribution in [2.45, 2.75) is 44.6 Å². The summed E-state index contributed by atoms with van der Waals surface area (Å²) in [6, 6.07) is 0. The Bertz CT molecular complexity index is 377. The first-order valence-corrected chi connectivity index (χ1v) is 7.46. The van der Waals surface area contributed by atoms with Crippen molar-refractivity contribution in [1.82, 2.24) is 14.9 Å². The van der Waals surface area contributed by atoms with Gasteiger partial charge in [0.1, 0.15) is 5.82 Å². The number of nitrogens with one attached hydrogen (secondary N) is 1. The van der Waals surface area contributed by atoms with E-state index < -0.39 is 0 Å². The molecule has 2 rings (SSSR count). The molecule has 0 aliphatic heterocycles. The van der Waals surface area contributed by atoms with E-state index in [1.54, 1.807) is 0 Å². The summed E-state index contributed by atoms with van der Waals surface area (Å²) in [5.74, 6) is 2.65. The molecular formula is C14H24ClN3. The first-order valence-electron chi connectivity index (χ1n) is 6.92. The van der Waals surface area contributed by atoms with Crippen molar-refractivity contribution in [3.8, 4) is 0 Å². The third-order valence-corrected chi connectivity index (χ3v) is 4.63. The molecule has 2 atom stereocenters. The first-order chi connectivity index (χ1) is 8.65. The van der Waals surface area contributed by atoms with Crippen molar-refractivity contribution in [1.29, 1.82) is 0 Å². The molecule has 1 fully saturated rings. The maximum atomic E-state index is 6.21. The highest BCUT2D eigenvalue weighted by Gasteiger charge is 2.33. The third-order valence-electron chi connectivity index (χ3n) is 4.12. The molecule has 0 spiro atoms. The Labute approximate surface area is 115 Å². The molecule has 1 aliphatic rings. The van der Waals surface area contributed by atoms with Crippen LogP contribution >= 0.6 is 11.6 Å². The number of aryl methyl sites for hydroxylation is 1. The molecule has 102 valence electrons. The van der Waals surface area contributed by atoms with Gasteiger partial charge in [-0.15, -0.1) is 11.6 Å². The van der Waals surface area contributed by atoms with E-state index in [0.29, 0.717) is 0 Å². The highest BCUT2D eigenvalue weighted by atomic mass is 35.5. The zero-order valence-corrected chi connectivity index (χ0v) is 12.2. The second kappa shape index (κ2) is 6.07. The molecule has 1 heterocycles. The van der Waals surface area contributed by atoms with Crippen LogP contribution in [-0.2, 0) is 13.5 Å². The Morgan fingerprint density at radius 2 is 2.44 bits per heavy atom. The third kappa shape index (κ3) is 3.27. The van der Waals surface area contributed by atoms with Crippen molar-refractivity contribution in [3.63, 3.8) is 0 Å². The van der Waals surface area contributed by atoms with Gasteiger partial charge in [-0.1, -0.05) is 19.8 Å². The van der Waals surface area contributed by atoms with Crippen LogP contribution in [-0.4, -0.2) is 27.5 Å². The van der Waals surface area contributed by atoms with Gasteiger partial charge in [0.2, 0.25) is 0 Å². The van der Waals surface area contributed by atoms with Gasteiger partial charge in [-0.3, -0.25) is 0 Å². The van der Waals surface area contributed by atoms with Crippen LogP contribution < -0.4 is 5.32 Å². The zero-order valence-electron chi connectivity index (χ0n) is 11.5. The smallest absolute Gasteiger partial charge is 0.109 e. The van der Waals surface area contributed by atoms with Gasteiger partial charge in [0.15, 0.2) is 0 Å². The molecule has 0 amide bonds. The second-order valence-corrected chi connectivity index (χ2v) is 6.01. The van der Waals surface area contributed by atoms with Gasteiger partial charge in [-0.05, 0) is 18.8 Å². The van der Waals surface area contributed by atoms with E-state index in [1.165, 1.54) is 25.7 Å². The fourth-order valence-electron chi connectivity index (χ4n) is 3.07. The van der Waals surface area contributed by atoms with Crippen molar-refractivity contribution in [2.75, 3.05) is 12.4 Å². The molecule has 0 radical (unpaired) electrons. The molecule has 1 aromatic rings. The molecule has 1 saturated carbocycles. The predicted molar refractivity (Wildman–Crippen MR) is 76.0 cm³/mol. The molecule has 1 aromatic heterocycles. The Kier molecular flexibility index (Phi) is 4.68. The van der Waals surface area contributed by atoms with E-state index in [9.17, 15) is 0 Å². The summed E-state index contributed by atoms with van der Waals surface area (Å²) in [7, 11) is 2.04. The predicted octanol–water partition coefficient (Wildman–Crippen LogP) is 2.74. The minimum atomic E-state index is 0.157. The maximum absolute atomic E-state index is 6.21. The molecule has 3 nitrogen and oxygen atoms in total. The Balaban J connectivity index is 1.85. The average molecular weight is 270 g/mol. The summed E-state index contributed by atoms with van der Waals surface area (Å²) in [6.07, 6.45) is 9.88. The first kappa shape index (κ1) is 13.9. The zero-order chi connectivity index (χ0) is 13.0. The standard InChI is InChI=1S/C14H24ClN3/c1-12-4-3-6-14(10-12,11-15)17-7-5-13-16-8-9-18(13)2/h8-9,12,17H,3-7,10-11H2,1-2H3. The SMILES string of the molecule is CC1CCCC(CCl)(NCCc2nccn2C)C1. The summed E-state index contributed by atoms with van der Waals surface area (Å²) in [5.41, 5.74) is 0.157. The van der Waals surface area contributed by atoms with E-state index >= 15 is 0 Å². The number of hydrogen-bond acceptors (Lipinski definition) is 2. The fraction of sp³-hybridized carbons (Fsp3) is 0.786. The molecule has 0 aromatic carbocycles. The van der Waals surface area contributed by atoms with Gasteiger partial charge in [0, 0.05) is 43.8 Å². The minimum Gasteiger partial charge on any atom is -0.338 e. The number of rotatable bonds is 5. The van der Waals surface area contributed by atoms with Crippen LogP contribution in [0.4, 0.5) is 0 Å². The van der Waals surface area contributed by atoms with Gasteiger partial charge in [-0.2, -0.15) is 0 Å². The summed E-state index contributed by atoms with van der Waals surface area (Å²) < 4.78 is 2.08. The largest absolute Gasteiger partial charge is 0.338 e. The van der Waals surface area contributed by atoms with Crippen LogP contribution in [0.2, 0.25) is 0 Å². The van der Waals surface area contributed by atoms with E-state index in [2.05, 4.69) is 21.8 Å². The Hall–Kier alpha value is -0.540. The number of alkyl halides is 1.